The van der Waals surface area contributed by atoms with Crippen molar-refractivity contribution < 1.29 is 13.9 Å². The van der Waals surface area contributed by atoms with Crippen LogP contribution in [0.5, 0.6) is 5.75 Å². The molecule has 7 atom stereocenters. The van der Waals surface area contributed by atoms with Crippen molar-refractivity contribution in [1.82, 2.24) is 0 Å². The van der Waals surface area contributed by atoms with E-state index in [1.165, 1.54) is 31.7 Å². The number of benzene rings is 1. The summed E-state index contributed by atoms with van der Waals surface area (Å²) < 4.78 is 27.4. The highest BCUT2D eigenvalue weighted by Gasteiger charge is 2.55. The Morgan fingerprint density at radius 2 is 1.86 bits per heavy atom. The van der Waals surface area contributed by atoms with Gasteiger partial charge in [0.05, 0.1) is 6.10 Å². The third-order valence-corrected chi connectivity index (χ3v) is 7.74. The average Bonchev–Trinajstić information content (AvgIpc) is 3.34. The number of hydrogen-bond donors (Lipinski definition) is 0. The van der Waals surface area contributed by atoms with Crippen molar-refractivity contribution in [2.24, 2.45) is 29.1 Å². The first-order chi connectivity index (χ1) is 13.3. The minimum Gasteiger partial charge on any atom is -0.461 e. The average molecular weight is 389 g/mol. The van der Waals surface area contributed by atoms with E-state index >= 15 is 0 Å². The number of hydrogen-bond acceptors (Lipinski definition) is 2. The topological polar surface area (TPSA) is 18.5 Å². The van der Waals surface area contributed by atoms with E-state index in [-0.39, 0.29) is 17.3 Å². The molecule has 3 aliphatic rings. The van der Waals surface area contributed by atoms with E-state index in [0.29, 0.717) is 17.6 Å². The summed E-state index contributed by atoms with van der Waals surface area (Å²) in [4.78, 5) is 0. The van der Waals surface area contributed by atoms with Crippen molar-refractivity contribution in [3.05, 3.63) is 29.6 Å². The third kappa shape index (κ3) is 3.72. The van der Waals surface area contributed by atoms with Crippen LogP contribution in [0.15, 0.2) is 18.2 Å². The van der Waals surface area contributed by atoms with Gasteiger partial charge in [-0.1, -0.05) is 47.1 Å². The minimum atomic E-state index is -0.432. The maximum absolute atomic E-state index is 14.5. The first kappa shape index (κ1) is 20.2. The van der Waals surface area contributed by atoms with Gasteiger partial charge in [0.25, 0.3) is 0 Å². The highest BCUT2D eigenvalue weighted by atomic mass is 19.1. The lowest BCUT2D eigenvalue weighted by molar-refractivity contribution is -0.188. The van der Waals surface area contributed by atoms with Gasteiger partial charge in [-0.3, -0.25) is 0 Å². The molecule has 0 aromatic heterocycles. The number of ether oxygens (including phenoxy) is 2. The third-order valence-electron chi connectivity index (χ3n) is 7.74. The van der Waals surface area contributed by atoms with E-state index in [2.05, 4.69) is 34.6 Å². The number of fused-ring (bicyclic) bond motifs is 5. The Hall–Kier alpha value is -1.09. The lowest BCUT2D eigenvalue weighted by Crippen LogP contribution is -2.41. The van der Waals surface area contributed by atoms with Crippen LogP contribution in [0.1, 0.15) is 84.6 Å². The maximum atomic E-state index is 14.5. The van der Waals surface area contributed by atoms with Crippen molar-refractivity contribution in [3.63, 3.8) is 0 Å². The second-order valence-corrected chi connectivity index (χ2v) is 10.6. The predicted molar refractivity (Wildman–Crippen MR) is 111 cm³/mol. The Bertz CT molecular complexity index is 694. The normalized spacial score (nSPS) is 33.7. The lowest BCUT2D eigenvalue weighted by Gasteiger charge is -2.38. The van der Waals surface area contributed by atoms with Crippen molar-refractivity contribution in [2.45, 2.75) is 91.5 Å². The summed E-state index contributed by atoms with van der Waals surface area (Å²) in [5.74, 6) is 3.75. The summed E-state index contributed by atoms with van der Waals surface area (Å²) in [6, 6.07) is 5.29. The SMILES string of the molecule is CCC(C)c1ccc(F)c(OC(OC2CC3CC2C2CCCC32)C(C)(C)C)c1. The highest BCUT2D eigenvalue weighted by Crippen LogP contribution is 2.59. The Morgan fingerprint density at radius 1 is 1.11 bits per heavy atom. The molecule has 0 N–H and O–H groups in total. The zero-order chi connectivity index (χ0) is 20.1. The number of halogens is 1. The Kier molecular flexibility index (Phi) is 5.50. The molecular formula is C25H37FO2. The molecular weight excluding hydrogens is 351 g/mol. The van der Waals surface area contributed by atoms with Crippen LogP contribution < -0.4 is 4.74 Å². The van der Waals surface area contributed by atoms with E-state index in [4.69, 9.17) is 9.47 Å². The molecule has 1 aromatic carbocycles. The van der Waals surface area contributed by atoms with Crippen LogP contribution >= 0.6 is 0 Å². The first-order valence-corrected chi connectivity index (χ1v) is 11.4. The first-order valence-electron chi connectivity index (χ1n) is 11.4. The fraction of sp³-hybridized carbons (Fsp3) is 0.760. The van der Waals surface area contributed by atoms with E-state index < -0.39 is 6.29 Å². The Balaban J connectivity index is 1.51. The molecule has 3 heteroatoms. The van der Waals surface area contributed by atoms with Gasteiger partial charge in [0, 0.05) is 5.41 Å². The van der Waals surface area contributed by atoms with E-state index in [1.807, 2.05) is 12.1 Å². The molecule has 7 unspecified atom stereocenters. The van der Waals surface area contributed by atoms with Gasteiger partial charge in [-0.05, 0) is 79.4 Å². The second-order valence-electron chi connectivity index (χ2n) is 10.6. The summed E-state index contributed by atoms with van der Waals surface area (Å²) in [5, 5.41) is 0. The van der Waals surface area contributed by atoms with Gasteiger partial charge in [-0.25, -0.2) is 4.39 Å². The van der Waals surface area contributed by atoms with Crippen LogP contribution in [0.2, 0.25) is 0 Å². The summed E-state index contributed by atoms with van der Waals surface area (Å²) in [6.45, 7) is 10.7. The highest BCUT2D eigenvalue weighted by molar-refractivity contribution is 5.32. The van der Waals surface area contributed by atoms with Crippen molar-refractivity contribution >= 4 is 0 Å². The molecule has 0 saturated heterocycles. The summed E-state index contributed by atoms with van der Waals surface area (Å²) in [7, 11) is 0. The van der Waals surface area contributed by atoms with Crippen molar-refractivity contribution in [1.29, 1.82) is 0 Å². The molecule has 0 heterocycles. The zero-order valence-corrected chi connectivity index (χ0v) is 18.2. The van der Waals surface area contributed by atoms with Gasteiger partial charge in [-0.2, -0.15) is 0 Å². The summed E-state index contributed by atoms with van der Waals surface area (Å²) in [5.41, 5.74) is 0.913. The molecule has 0 aliphatic heterocycles. The van der Waals surface area contributed by atoms with Crippen LogP contribution in [-0.4, -0.2) is 12.4 Å². The quantitative estimate of drug-likeness (QED) is 0.492. The lowest BCUT2D eigenvalue weighted by atomic mass is 9.80. The molecule has 156 valence electrons. The molecule has 2 bridgehead atoms. The molecule has 3 saturated carbocycles. The van der Waals surface area contributed by atoms with E-state index in [1.54, 1.807) is 0 Å². The molecule has 28 heavy (non-hydrogen) atoms. The molecule has 3 fully saturated rings. The van der Waals surface area contributed by atoms with Crippen LogP contribution in [0, 0.1) is 34.9 Å². The maximum Gasteiger partial charge on any atom is 0.205 e. The fourth-order valence-corrected chi connectivity index (χ4v) is 6.00. The van der Waals surface area contributed by atoms with Crippen LogP contribution in [0.3, 0.4) is 0 Å². The Labute approximate surface area is 170 Å². The smallest absolute Gasteiger partial charge is 0.205 e. The monoisotopic (exact) mass is 388 g/mol. The molecule has 0 radical (unpaired) electrons. The molecule has 1 aromatic rings. The summed E-state index contributed by atoms with van der Waals surface area (Å²) >= 11 is 0. The minimum absolute atomic E-state index is 0.213. The molecule has 0 spiro atoms. The van der Waals surface area contributed by atoms with Gasteiger partial charge in [-0.15, -0.1) is 0 Å². The van der Waals surface area contributed by atoms with E-state index in [0.717, 1.165) is 36.2 Å². The summed E-state index contributed by atoms with van der Waals surface area (Å²) in [6.07, 6.45) is 7.54. The van der Waals surface area contributed by atoms with Gasteiger partial charge in [0.2, 0.25) is 6.29 Å². The fourth-order valence-electron chi connectivity index (χ4n) is 6.00. The van der Waals surface area contributed by atoms with Gasteiger partial charge in [0.15, 0.2) is 11.6 Å². The number of rotatable bonds is 6. The van der Waals surface area contributed by atoms with Crippen LogP contribution in [0.25, 0.3) is 0 Å². The Morgan fingerprint density at radius 3 is 2.57 bits per heavy atom. The standard InChI is InChI=1S/C25H37FO2/c1-6-15(2)16-10-11-21(26)23(13-16)28-24(25(3,4)5)27-22-14-17-12-20(22)19-9-7-8-18(17)19/h10-11,13,15,17-20,22,24H,6-9,12,14H2,1-5H3. The predicted octanol–water partition coefficient (Wildman–Crippen LogP) is 6.93. The molecule has 4 rings (SSSR count). The largest absolute Gasteiger partial charge is 0.461 e. The zero-order valence-electron chi connectivity index (χ0n) is 18.2. The van der Waals surface area contributed by atoms with Gasteiger partial charge < -0.3 is 9.47 Å². The van der Waals surface area contributed by atoms with Crippen LogP contribution in [0.4, 0.5) is 4.39 Å². The molecule has 3 aliphatic carbocycles. The molecule has 0 amide bonds. The molecule has 2 nitrogen and oxygen atoms in total. The van der Waals surface area contributed by atoms with Crippen LogP contribution in [-0.2, 0) is 4.74 Å². The van der Waals surface area contributed by atoms with Crippen molar-refractivity contribution in [2.75, 3.05) is 0 Å². The van der Waals surface area contributed by atoms with Crippen molar-refractivity contribution in [3.8, 4) is 5.75 Å². The van der Waals surface area contributed by atoms with Gasteiger partial charge >= 0.3 is 0 Å². The van der Waals surface area contributed by atoms with E-state index in [9.17, 15) is 4.39 Å². The van der Waals surface area contributed by atoms with Gasteiger partial charge in [0.1, 0.15) is 0 Å². The second kappa shape index (κ2) is 7.63.